The number of rotatable bonds is 6. The van der Waals surface area contributed by atoms with E-state index in [1.54, 1.807) is 13.8 Å². The Hall–Kier alpha value is -0.610. The molecule has 0 spiro atoms. The average molecular weight is 189 g/mol. The first-order valence-corrected chi connectivity index (χ1v) is 4.59. The highest BCUT2D eigenvalue weighted by atomic mass is 16.6. The van der Waals surface area contributed by atoms with Gasteiger partial charge in [0.05, 0.1) is 12.5 Å². The highest BCUT2D eigenvalue weighted by Crippen LogP contribution is 2.02. The molecule has 0 radical (unpaired) electrons. The van der Waals surface area contributed by atoms with Crippen LogP contribution < -0.4 is 5.73 Å². The van der Waals surface area contributed by atoms with Crippen molar-refractivity contribution in [2.45, 2.75) is 26.8 Å². The smallest absolute Gasteiger partial charge is 0.310 e. The molecule has 2 atom stereocenters. The van der Waals surface area contributed by atoms with Gasteiger partial charge in [-0.25, -0.2) is 0 Å². The predicted molar refractivity (Wildman–Crippen MR) is 50.3 cm³/mol. The van der Waals surface area contributed by atoms with E-state index in [2.05, 4.69) is 0 Å². The molecule has 2 N–H and O–H groups in total. The molecule has 0 aromatic heterocycles. The van der Waals surface area contributed by atoms with Crippen molar-refractivity contribution in [3.8, 4) is 0 Å². The van der Waals surface area contributed by atoms with Crippen molar-refractivity contribution in [2.24, 2.45) is 11.7 Å². The minimum atomic E-state index is -0.255. The Balaban J connectivity index is 3.50. The summed E-state index contributed by atoms with van der Waals surface area (Å²) in [6.45, 7) is 6.84. The number of hydrogen-bond acceptors (Lipinski definition) is 4. The molecule has 0 aliphatic heterocycles. The van der Waals surface area contributed by atoms with Crippen molar-refractivity contribution < 1.29 is 14.3 Å². The first kappa shape index (κ1) is 12.4. The van der Waals surface area contributed by atoms with Crippen LogP contribution in [0.4, 0.5) is 0 Å². The fourth-order valence-electron chi connectivity index (χ4n) is 0.692. The molecular weight excluding hydrogens is 170 g/mol. The minimum absolute atomic E-state index is 0.167. The van der Waals surface area contributed by atoms with Gasteiger partial charge in [-0.2, -0.15) is 0 Å². The molecular formula is C9H19NO3. The largest absolute Gasteiger partial charge is 0.463 e. The van der Waals surface area contributed by atoms with Gasteiger partial charge >= 0.3 is 5.97 Å². The van der Waals surface area contributed by atoms with E-state index >= 15 is 0 Å². The highest BCUT2D eigenvalue weighted by molar-refractivity contribution is 5.72. The number of nitrogens with two attached hydrogens (primary N) is 1. The first-order valence-electron chi connectivity index (χ1n) is 4.59. The van der Waals surface area contributed by atoms with Crippen molar-refractivity contribution in [2.75, 3.05) is 19.8 Å². The van der Waals surface area contributed by atoms with Crippen molar-refractivity contribution >= 4 is 5.97 Å². The topological polar surface area (TPSA) is 61.5 Å². The molecule has 0 saturated heterocycles. The third-order valence-electron chi connectivity index (χ3n) is 1.84. The zero-order valence-corrected chi connectivity index (χ0v) is 8.58. The number of ether oxygens (including phenoxy) is 2. The lowest BCUT2D eigenvalue weighted by atomic mass is 10.1. The number of carbonyl (C=O) groups excluding carboxylic acids is 1. The Labute approximate surface area is 79.4 Å². The Morgan fingerprint density at radius 1 is 1.38 bits per heavy atom. The van der Waals surface area contributed by atoms with Gasteiger partial charge < -0.3 is 15.2 Å². The van der Waals surface area contributed by atoms with Crippen LogP contribution in [0.5, 0.6) is 0 Å². The van der Waals surface area contributed by atoms with E-state index in [0.717, 1.165) is 0 Å². The fourth-order valence-corrected chi connectivity index (χ4v) is 0.692. The van der Waals surface area contributed by atoms with E-state index < -0.39 is 0 Å². The molecule has 2 unspecified atom stereocenters. The third-order valence-corrected chi connectivity index (χ3v) is 1.84. The molecule has 4 heteroatoms. The average Bonchev–Trinajstić information content (AvgIpc) is 2.10. The van der Waals surface area contributed by atoms with Gasteiger partial charge in [-0.05, 0) is 13.8 Å². The minimum Gasteiger partial charge on any atom is -0.463 e. The normalized spacial score (nSPS) is 15.1. The third kappa shape index (κ3) is 5.60. The van der Waals surface area contributed by atoms with Gasteiger partial charge in [0, 0.05) is 12.6 Å². The summed E-state index contributed by atoms with van der Waals surface area (Å²) in [5.74, 6) is -0.503. The van der Waals surface area contributed by atoms with Crippen LogP contribution in [0.1, 0.15) is 20.8 Å². The van der Waals surface area contributed by atoms with Crippen LogP contribution in [0.2, 0.25) is 0 Å². The maximum Gasteiger partial charge on any atom is 0.310 e. The summed E-state index contributed by atoms with van der Waals surface area (Å²) in [6.07, 6.45) is 0. The molecule has 0 heterocycles. The lowest BCUT2D eigenvalue weighted by Gasteiger charge is -2.14. The maximum absolute atomic E-state index is 11.2. The molecule has 0 fully saturated rings. The molecule has 0 aliphatic carbocycles. The molecule has 78 valence electrons. The van der Waals surface area contributed by atoms with Crippen molar-refractivity contribution in [1.29, 1.82) is 0 Å². The summed E-state index contributed by atoms with van der Waals surface area (Å²) in [6, 6.07) is -0.167. The molecule has 0 bridgehead atoms. The maximum atomic E-state index is 11.2. The van der Waals surface area contributed by atoms with Gasteiger partial charge in [0.1, 0.15) is 6.61 Å². The monoisotopic (exact) mass is 189 g/mol. The standard InChI is InChI=1S/C9H19NO3/c1-4-12-5-6-13-9(11)7(2)8(3)10/h7-8H,4-6,10H2,1-3H3. The molecule has 0 aromatic rings. The summed E-state index contributed by atoms with van der Waals surface area (Å²) in [4.78, 5) is 11.2. The summed E-state index contributed by atoms with van der Waals surface area (Å²) in [5.41, 5.74) is 5.54. The van der Waals surface area contributed by atoms with Crippen LogP contribution in [-0.2, 0) is 14.3 Å². The molecule has 0 saturated carbocycles. The van der Waals surface area contributed by atoms with Gasteiger partial charge in [0.15, 0.2) is 0 Å². The molecule has 4 nitrogen and oxygen atoms in total. The summed E-state index contributed by atoms with van der Waals surface area (Å²) < 4.78 is 9.94. The molecule has 13 heavy (non-hydrogen) atoms. The first-order chi connectivity index (χ1) is 6.09. The van der Waals surface area contributed by atoms with Gasteiger partial charge in [-0.1, -0.05) is 6.92 Å². The van der Waals surface area contributed by atoms with Crippen LogP contribution >= 0.6 is 0 Å². The SMILES string of the molecule is CCOCCOC(=O)C(C)C(C)N. The van der Waals surface area contributed by atoms with Gasteiger partial charge in [0.2, 0.25) is 0 Å². The fraction of sp³-hybridized carbons (Fsp3) is 0.889. The number of esters is 1. The Kier molecular flexibility index (Phi) is 6.54. The van der Waals surface area contributed by atoms with Crippen molar-refractivity contribution in [3.05, 3.63) is 0 Å². The zero-order valence-electron chi connectivity index (χ0n) is 8.58. The number of carbonyl (C=O) groups is 1. The quantitative estimate of drug-likeness (QED) is 0.489. The Morgan fingerprint density at radius 3 is 2.46 bits per heavy atom. The van der Waals surface area contributed by atoms with Crippen LogP contribution in [0.3, 0.4) is 0 Å². The van der Waals surface area contributed by atoms with Crippen LogP contribution in [0, 0.1) is 5.92 Å². The van der Waals surface area contributed by atoms with Gasteiger partial charge in [0.25, 0.3) is 0 Å². The Bertz CT molecular complexity index is 148. The van der Waals surface area contributed by atoms with E-state index in [1.165, 1.54) is 0 Å². The lowest BCUT2D eigenvalue weighted by molar-refractivity contribution is -0.149. The van der Waals surface area contributed by atoms with E-state index in [4.69, 9.17) is 15.2 Å². The molecule has 0 aromatic carbocycles. The van der Waals surface area contributed by atoms with Gasteiger partial charge in [-0.3, -0.25) is 4.79 Å². The lowest BCUT2D eigenvalue weighted by Crippen LogP contribution is -2.32. The zero-order chi connectivity index (χ0) is 10.3. The molecule has 0 aliphatic rings. The van der Waals surface area contributed by atoms with Crippen LogP contribution in [0.25, 0.3) is 0 Å². The molecule has 0 amide bonds. The van der Waals surface area contributed by atoms with E-state index in [-0.39, 0.29) is 17.9 Å². The van der Waals surface area contributed by atoms with Crippen LogP contribution in [0.15, 0.2) is 0 Å². The molecule has 0 rings (SSSR count). The van der Waals surface area contributed by atoms with E-state index in [0.29, 0.717) is 19.8 Å². The highest BCUT2D eigenvalue weighted by Gasteiger charge is 2.17. The van der Waals surface area contributed by atoms with Crippen molar-refractivity contribution in [1.82, 2.24) is 0 Å². The van der Waals surface area contributed by atoms with Crippen molar-refractivity contribution in [3.63, 3.8) is 0 Å². The van der Waals surface area contributed by atoms with E-state index in [9.17, 15) is 4.79 Å². The van der Waals surface area contributed by atoms with Crippen LogP contribution in [-0.4, -0.2) is 31.8 Å². The second-order valence-electron chi connectivity index (χ2n) is 3.01. The summed E-state index contributed by atoms with van der Waals surface area (Å²) in [7, 11) is 0. The van der Waals surface area contributed by atoms with E-state index in [1.807, 2.05) is 6.92 Å². The summed E-state index contributed by atoms with van der Waals surface area (Å²) >= 11 is 0. The predicted octanol–water partition coefficient (Wildman–Crippen LogP) is 0.549. The second-order valence-corrected chi connectivity index (χ2v) is 3.01. The summed E-state index contributed by atoms with van der Waals surface area (Å²) in [5, 5.41) is 0. The Morgan fingerprint density at radius 2 is 2.00 bits per heavy atom. The van der Waals surface area contributed by atoms with Gasteiger partial charge in [-0.15, -0.1) is 0 Å². The second kappa shape index (κ2) is 6.86. The number of hydrogen-bond donors (Lipinski definition) is 1.